The summed E-state index contributed by atoms with van der Waals surface area (Å²) in [6, 6.07) is 0.848. The van der Waals surface area contributed by atoms with Gasteiger partial charge in [0.2, 0.25) is 0 Å². The van der Waals surface area contributed by atoms with Gasteiger partial charge in [-0.05, 0) is 26.7 Å². The molecule has 0 saturated carbocycles. The number of amides is 1. The van der Waals surface area contributed by atoms with Gasteiger partial charge in [-0.25, -0.2) is 4.79 Å². The van der Waals surface area contributed by atoms with Gasteiger partial charge in [0, 0.05) is 37.3 Å². The summed E-state index contributed by atoms with van der Waals surface area (Å²) in [5, 5.41) is 6.42. The van der Waals surface area contributed by atoms with E-state index in [4.69, 9.17) is 0 Å². The van der Waals surface area contributed by atoms with E-state index in [1.807, 2.05) is 0 Å². The zero-order valence-corrected chi connectivity index (χ0v) is 11.0. The highest BCUT2D eigenvalue weighted by Crippen LogP contribution is 2.25. The fraction of sp³-hybridized carbons (Fsp3) is 0.917. The average molecular weight is 241 g/mol. The normalized spacial score (nSPS) is 32.6. The number of likely N-dealkylation sites (tertiary alicyclic amines) is 1. The number of nitrogens with zero attached hydrogens (tertiary/aromatic N) is 1. The Balaban J connectivity index is 1.80. The summed E-state index contributed by atoms with van der Waals surface area (Å²) < 4.78 is 4.63. The van der Waals surface area contributed by atoms with E-state index in [9.17, 15) is 4.79 Å². The van der Waals surface area contributed by atoms with E-state index in [0.29, 0.717) is 6.04 Å². The molecule has 2 fully saturated rings. The van der Waals surface area contributed by atoms with Crippen molar-refractivity contribution in [2.75, 3.05) is 26.7 Å². The molecule has 17 heavy (non-hydrogen) atoms. The van der Waals surface area contributed by atoms with Crippen LogP contribution in [-0.2, 0) is 4.74 Å². The minimum absolute atomic E-state index is 0.242. The van der Waals surface area contributed by atoms with Crippen LogP contribution in [-0.4, -0.2) is 55.4 Å². The van der Waals surface area contributed by atoms with Crippen molar-refractivity contribution in [2.24, 2.45) is 0 Å². The number of carbonyl (C=O) groups is 1. The van der Waals surface area contributed by atoms with Crippen molar-refractivity contribution in [1.29, 1.82) is 0 Å². The van der Waals surface area contributed by atoms with Gasteiger partial charge in [0.15, 0.2) is 0 Å². The van der Waals surface area contributed by atoms with Crippen molar-refractivity contribution in [3.8, 4) is 0 Å². The van der Waals surface area contributed by atoms with Gasteiger partial charge in [-0.2, -0.15) is 0 Å². The molecular weight excluding hydrogens is 218 g/mol. The number of nitrogens with one attached hydrogen (secondary N) is 2. The van der Waals surface area contributed by atoms with Crippen LogP contribution < -0.4 is 10.6 Å². The van der Waals surface area contributed by atoms with Crippen LogP contribution in [0.4, 0.5) is 4.79 Å². The Morgan fingerprint density at radius 2 is 2.29 bits per heavy atom. The van der Waals surface area contributed by atoms with Gasteiger partial charge in [-0.15, -0.1) is 0 Å². The molecule has 2 aliphatic rings. The molecule has 5 heteroatoms. The monoisotopic (exact) mass is 241 g/mol. The van der Waals surface area contributed by atoms with E-state index in [1.54, 1.807) is 0 Å². The first kappa shape index (κ1) is 12.6. The van der Waals surface area contributed by atoms with Crippen molar-refractivity contribution in [2.45, 2.75) is 44.3 Å². The zero-order chi connectivity index (χ0) is 12.5. The molecule has 0 aliphatic carbocycles. The van der Waals surface area contributed by atoms with Crippen molar-refractivity contribution >= 4 is 6.09 Å². The van der Waals surface area contributed by atoms with E-state index in [-0.39, 0.29) is 17.7 Å². The van der Waals surface area contributed by atoms with E-state index in [0.717, 1.165) is 26.1 Å². The number of alkyl carbamates (subject to hydrolysis) is 1. The number of methoxy groups -OCH3 is 1. The quantitative estimate of drug-likeness (QED) is 0.741. The highest BCUT2D eigenvalue weighted by Gasteiger charge is 2.37. The van der Waals surface area contributed by atoms with Gasteiger partial charge in [-0.3, -0.25) is 4.90 Å². The predicted molar refractivity (Wildman–Crippen MR) is 66.0 cm³/mol. The topological polar surface area (TPSA) is 53.6 Å². The van der Waals surface area contributed by atoms with E-state index < -0.39 is 0 Å². The third kappa shape index (κ3) is 3.10. The number of ether oxygens (including phenoxy) is 1. The molecule has 2 atom stereocenters. The molecule has 0 radical (unpaired) electrons. The molecule has 2 aliphatic heterocycles. The molecule has 2 rings (SSSR count). The van der Waals surface area contributed by atoms with E-state index in [2.05, 4.69) is 34.1 Å². The Labute approximate surface area is 103 Å². The number of hydrogen-bond donors (Lipinski definition) is 2. The largest absolute Gasteiger partial charge is 0.453 e. The van der Waals surface area contributed by atoms with E-state index >= 15 is 0 Å². The number of rotatable bonds is 2. The maximum Gasteiger partial charge on any atom is 0.407 e. The third-order valence-corrected chi connectivity index (χ3v) is 3.81. The molecule has 98 valence electrons. The Bertz CT molecular complexity index is 293. The maximum atomic E-state index is 11.1. The molecule has 0 aromatic heterocycles. The number of carbonyl (C=O) groups excluding carboxylic acids is 1. The second-order valence-electron chi connectivity index (χ2n) is 5.74. The molecule has 2 unspecified atom stereocenters. The van der Waals surface area contributed by atoms with Gasteiger partial charge >= 0.3 is 6.09 Å². The third-order valence-electron chi connectivity index (χ3n) is 3.81. The molecule has 1 amide bonds. The van der Waals surface area contributed by atoms with Crippen LogP contribution in [0.1, 0.15) is 26.7 Å². The fourth-order valence-electron chi connectivity index (χ4n) is 2.85. The first-order valence-electron chi connectivity index (χ1n) is 6.34. The van der Waals surface area contributed by atoms with Gasteiger partial charge in [0.05, 0.1) is 7.11 Å². The smallest absolute Gasteiger partial charge is 0.407 e. The molecule has 5 nitrogen and oxygen atoms in total. The van der Waals surface area contributed by atoms with E-state index in [1.165, 1.54) is 13.5 Å². The van der Waals surface area contributed by atoms with Crippen LogP contribution in [0, 0.1) is 0 Å². The van der Waals surface area contributed by atoms with Crippen LogP contribution in [0.15, 0.2) is 0 Å². The molecule has 0 bridgehead atoms. The van der Waals surface area contributed by atoms with Gasteiger partial charge in [0.25, 0.3) is 0 Å². The van der Waals surface area contributed by atoms with Crippen LogP contribution in [0.5, 0.6) is 0 Å². The Morgan fingerprint density at radius 1 is 1.53 bits per heavy atom. The predicted octanol–water partition coefficient (Wildman–Crippen LogP) is 0.557. The Morgan fingerprint density at radius 3 is 2.88 bits per heavy atom. The summed E-state index contributed by atoms with van der Waals surface area (Å²) in [7, 11) is 1.41. The lowest BCUT2D eigenvalue weighted by Gasteiger charge is -2.24. The van der Waals surface area contributed by atoms with Crippen molar-refractivity contribution in [1.82, 2.24) is 15.5 Å². The molecule has 2 N–H and O–H groups in total. The van der Waals surface area contributed by atoms with Crippen molar-refractivity contribution in [3.63, 3.8) is 0 Å². The lowest BCUT2D eigenvalue weighted by atomic mass is 10.0. The summed E-state index contributed by atoms with van der Waals surface area (Å²) in [6.45, 7) is 7.55. The van der Waals surface area contributed by atoms with Crippen molar-refractivity contribution < 1.29 is 9.53 Å². The maximum absolute atomic E-state index is 11.1. The molecule has 0 aromatic carbocycles. The lowest BCUT2D eigenvalue weighted by Crippen LogP contribution is -2.40. The standard InChI is InChI=1S/C12H23N3O2/c1-12(2)6-10(7-13-12)15-5-4-9(8-15)14-11(16)17-3/h9-10,13H,4-8H2,1-3H3,(H,14,16). The fourth-order valence-corrected chi connectivity index (χ4v) is 2.85. The summed E-state index contributed by atoms with van der Waals surface area (Å²) in [5.41, 5.74) is 0.249. The number of hydrogen-bond acceptors (Lipinski definition) is 4. The summed E-state index contributed by atoms with van der Waals surface area (Å²) in [6.07, 6.45) is 1.88. The van der Waals surface area contributed by atoms with Crippen LogP contribution >= 0.6 is 0 Å². The van der Waals surface area contributed by atoms with Crippen LogP contribution in [0.2, 0.25) is 0 Å². The first-order valence-corrected chi connectivity index (χ1v) is 6.34. The minimum atomic E-state index is -0.318. The SMILES string of the molecule is COC(=O)NC1CCN(C2CNC(C)(C)C2)C1. The lowest BCUT2D eigenvalue weighted by molar-refractivity contribution is 0.165. The second-order valence-corrected chi connectivity index (χ2v) is 5.74. The Kier molecular flexibility index (Phi) is 3.58. The zero-order valence-electron chi connectivity index (χ0n) is 11.0. The van der Waals surface area contributed by atoms with Gasteiger partial charge in [0.1, 0.15) is 0 Å². The molecule has 2 saturated heterocycles. The minimum Gasteiger partial charge on any atom is -0.453 e. The summed E-state index contributed by atoms with van der Waals surface area (Å²) in [4.78, 5) is 13.6. The summed E-state index contributed by atoms with van der Waals surface area (Å²) in [5.74, 6) is 0. The molecule has 2 heterocycles. The highest BCUT2D eigenvalue weighted by atomic mass is 16.5. The van der Waals surface area contributed by atoms with Crippen LogP contribution in [0.3, 0.4) is 0 Å². The van der Waals surface area contributed by atoms with Gasteiger partial charge in [-0.1, -0.05) is 0 Å². The van der Waals surface area contributed by atoms with Crippen molar-refractivity contribution in [3.05, 3.63) is 0 Å². The van der Waals surface area contributed by atoms with Gasteiger partial charge < -0.3 is 15.4 Å². The first-order chi connectivity index (χ1) is 8.00. The second kappa shape index (κ2) is 4.82. The van der Waals surface area contributed by atoms with Crippen LogP contribution in [0.25, 0.3) is 0 Å². The highest BCUT2D eigenvalue weighted by molar-refractivity contribution is 5.67. The molecule has 0 aromatic rings. The molecule has 0 spiro atoms. The summed E-state index contributed by atoms with van der Waals surface area (Å²) >= 11 is 0. The molecular formula is C12H23N3O2. The average Bonchev–Trinajstić information content (AvgIpc) is 2.84. The Hall–Kier alpha value is -0.810.